The fourth-order valence-electron chi connectivity index (χ4n) is 3.20. The van der Waals surface area contributed by atoms with Crippen LogP contribution in [0.15, 0.2) is 49.2 Å². The van der Waals surface area contributed by atoms with Gasteiger partial charge in [-0.3, -0.25) is 4.79 Å². The third-order valence-electron chi connectivity index (χ3n) is 4.68. The van der Waals surface area contributed by atoms with Crippen LogP contribution in [0.5, 0.6) is 5.75 Å². The lowest BCUT2D eigenvalue weighted by Crippen LogP contribution is -2.35. The Kier molecular flexibility index (Phi) is 4.82. The SMILES string of the molecule is CC(Oc1ccc2c(c1)CCC2)C(=O)NCc1ccc(-n2cncn2)nc1. The van der Waals surface area contributed by atoms with E-state index in [4.69, 9.17) is 4.74 Å². The maximum Gasteiger partial charge on any atom is 0.261 e. The van der Waals surface area contributed by atoms with Gasteiger partial charge < -0.3 is 10.1 Å². The Labute approximate surface area is 157 Å². The second kappa shape index (κ2) is 7.57. The third-order valence-corrected chi connectivity index (χ3v) is 4.68. The molecule has 0 aliphatic heterocycles. The van der Waals surface area contributed by atoms with Gasteiger partial charge in [-0.25, -0.2) is 14.6 Å². The largest absolute Gasteiger partial charge is 0.481 e. The predicted octanol–water partition coefficient (Wildman–Crippen LogP) is 2.23. The highest BCUT2D eigenvalue weighted by Crippen LogP contribution is 2.26. The Bertz CT molecular complexity index is 922. The Hall–Kier alpha value is -3.22. The van der Waals surface area contributed by atoms with Crippen molar-refractivity contribution in [2.24, 2.45) is 0 Å². The van der Waals surface area contributed by atoms with E-state index in [-0.39, 0.29) is 5.91 Å². The van der Waals surface area contributed by atoms with Gasteiger partial charge in [-0.1, -0.05) is 12.1 Å². The van der Waals surface area contributed by atoms with Gasteiger partial charge in [-0.05, 0) is 61.1 Å². The van der Waals surface area contributed by atoms with Crippen molar-refractivity contribution < 1.29 is 9.53 Å². The molecule has 0 saturated carbocycles. The number of carbonyl (C=O) groups excluding carboxylic acids is 1. The van der Waals surface area contributed by atoms with E-state index in [0.717, 1.165) is 24.2 Å². The summed E-state index contributed by atoms with van der Waals surface area (Å²) in [7, 11) is 0. The number of aromatic nitrogens is 4. The molecule has 1 atom stereocenters. The van der Waals surface area contributed by atoms with Crippen LogP contribution in [0.2, 0.25) is 0 Å². The number of pyridine rings is 1. The molecule has 0 spiro atoms. The van der Waals surface area contributed by atoms with E-state index >= 15 is 0 Å². The topological polar surface area (TPSA) is 81.9 Å². The first-order chi connectivity index (χ1) is 13.2. The number of rotatable bonds is 6. The molecule has 2 heterocycles. The maximum absolute atomic E-state index is 12.3. The predicted molar refractivity (Wildman–Crippen MR) is 99.6 cm³/mol. The Morgan fingerprint density at radius 3 is 2.93 bits per heavy atom. The molecule has 1 aliphatic carbocycles. The number of nitrogens with one attached hydrogen (secondary N) is 1. The lowest BCUT2D eigenvalue weighted by atomic mass is 10.1. The first kappa shape index (κ1) is 17.2. The highest BCUT2D eigenvalue weighted by atomic mass is 16.5. The van der Waals surface area contributed by atoms with Crippen LogP contribution < -0.4 is 10.1 Å². The molecule has 0 bridgehead atoms. The molecule has 1 aromatic carbocycles. The summed E-state index contributed by atoms with van der Waals surface area (Å²) >= 11 is 0. The highest BCUT2D eigenvalue weighted by Gasteiger charge is 2.16. The van der Waals surface area contributed by atoms with Crippen LogP contribution in [0.25, 0.3) is 5.82 Å². The zero-order valence-corrected chi connectivity index (χ0v) is 15.1. The van der Waals surface area contributed by atoms with Crippen LogP contribution >= 0.6 is 0 Å². The summed E-state index contributed by atoms with van der Waals surface area (Å²) in [6.07, 6.45) is 7.61. The molecule has 0 radical (unpaired) electrons. The highest BCUT2D eigenvalue weighted by molar-refractivity contribution is 5.80. The van der Waals surface area contributed by atoms with E-state index in [1.807, 2.05) is 18.2 Å². The average Bonchev–Trinajstić information content (AvgIpc) is 3.38. The van der Waals surface area contributed by atoms with Crippen LogP contribution in [-0.4, -0.2) is 31.8 Å². The lowest BCUT2D eigenvalue weighted by Gasteiger charge is -2.15. The molecule has 1 aliphatic rings. The van der Waals surface area contributed by atoms with Crippen LogP contribution in [-0.2, 0) is 24.2 Å². The van der Waals surface area contributed by atoms with Crippen LogP contribution in [0.1, 0.15) is 30.0 Å². The third kappa shape index (κ3) is 3.97. The Morgan fingerprint density at radius 2 is 2.15 bits per heavy atom. The minimum atomic E-state index is -0.563. The number of ether oxygens (including phenoxy) is 1. The summed E-state index contributed by atoms with van der Waals surface area (Å²) < 4.78 is 7.39. The van der Waals surface area contributed by atoms with Crippen molar-refractivity contribution in [1.29, 1.82) is 0 Å². The van der Waals surface area contributed by atoms with Gasteiger partial charge in [0.1, 0.15) is 18.4 Å². The molecule has 1 amide bonds. The summed E-state index contributed by atoms with van der Waals surface area (Å²) in [5, 5.41) is 6.92. The quantitative estimate of drug-likeness (QED) is 0.726. The molecule has 7 nitrogen and oxygen atoms in total. The first-order valence-corrected chi connectivity index (χ1v) is 9.05. The monoisotopic (exact) mass is 363 g/mol. The molecule has 3 aromatic rings. The van der Waals surface area contributed by atoms with Gasteiger partial charge in [0.05, 0.1) is 0 Å². The fourth-order valence-corrected chi connectivity index (χ4v) is 3.20. The van der Waals surface area contributed by atoms with Crippen LogP contribution in [0.4, 0.5) is 0 Å². The van der Waals surface area contributed by atoms with Gasteiger partial charge in [0.15, 0.2) is 11.9 Å². The van der Waals surface area contributed by atoms with Crippen molar-refractivity contribution >= 4 is 5.91 Å². The Morgan fingerprint density at radius 1 is 1.26 bits per heavy atom. The molecular formula is C20H21N5O2. The minimum absolute atomic E-state index is 0.157. The van der Waals surface area contributed by atoms with Crippen molar-refractivity contribution in [2.75, 3.05) is 0 Å². The normalized spacial score (nSPS) is 13.8. The molecule has 27 heavy (non-hydrogen) atoms. The number of carbonyl (C=O) groups is 1. The minimum Gasteiger partial charge on any atom is -0.481 e. The fraction of sp³-hybridized carbons (Fsp3) is 0.300. The zero-order valence-electron chi connectivity index (χ0n) is 15.1. The number of hydrogen-bond acceptors (Lipinski definition) is 5. The molecule has 1 N–H and O–H groups in total. The van der Waals surface area contributed by atoms with Crippen molar-refractivity contribution in [2.45, 2.75) is 38.8 Å². The number of fused-ring (bicyclic) bond motifs is 1. The van der Waals surface area contributed by atoms with Gasteiger partial charge in [0, 0.05) is 12.7 Å². The van der Waals surface area contributed by atoms with Crippen LogP contribution in [0.3, 0.4) is 0 Å². The number of benzene rings is 1. The van der Waals surface area contributed by atoms with Gasteiger partial charge >= 0.3 is 0 Å². The van der Waals surface area contributed by atoms with Gasteiger partial charge in [-0.2, -0.15) is 5.10 Å². The average molecular weight is 363 g/mol. The van der Waals surface area contributed by atoms with Gasteiger partial charge in [0.2, 0.25) is 0 Å². The Balaban J connectivity index is 1.31. The molecule has 1 unspecified atom stereocenters. The van der Waals surface area contributed by atoms with Gasteiger partial charge in [-0.15, -0.1) is 0 Å². The smallest absolute Gasteiger partial charge is 0.261 e. The zero-order chi connectivity index (χ0) is 18.6. The summed E-state index contributed by atoms with van der Waals surface area (Å²) in [6, 6.07) is 9.83. The molecular weight excluding hydrogens is 342 g/mol. The van der Waals surface area contributed by atoms with Crippen molar-refractivity contribution in [3.8, 4) is 11.6 Å². The molecule has 2 aromatic heterocycles. The summed E-state index contributed by atoms with van der Waals surface area (Å²) in [5.41, 5.74) is 3.62. The second-order valence-corrected chi connectivity index (χ2v) is 6.63. The number of aryl methyl sites for hydroxylation is 2. The molecule has 0 saturated heterocycles. The second-order valence-electron chi connectivity index (χ2n) is 6.63. The van der Waals surface area contributed by atoms with Crippen LogP contribution in [0, 0.1) is 0 Å². The van der Waals surface area contributed by atoms with Crippen molar-refractivity contribution in [3.63, 3.8) is 0 Å². The van der Waals surface area contributed by atoms with Crippen molar-refractivity contribution in [1.82, 2.24) is 25.1 Å². The maximum atomic E-state index is 12.3. The number of hydrogen-bond donors (Lipinski definition) is 1. The number of nitrogens with zero attached hydrogens (tertiary/aromatic N) is 4. The van der Waals surface area contributed by atoms with E-state index in [9.17, 15) is 4.79 Å². The molecule has 138 valence electrons. The lowest BCUT2D eigenvalue weighted by molar-refractivity contribution is -0.127. The summed E-state index contributed by atoms with van der Waals surface area (Å²) in [4.78, 5) is 20.5. The van der Waals surface area contributed by atoms with E-state index < -0.39 is 6.10 Å². The number of amides is 1. The van der Waals surface area contributed by atoms with E-state index in [1.54, 1.807) is 24.1 Å². The van der Waals surface area contributed by atoms with E-state index in [0.29, 0.717) is 12.4 Å². The van der Waals surface area contributed by atoms with Gasteiger partial charge in [0.25, 0.3) is 5.91 Å². The molecule has 7 heteroatoms. The molecule has 0 fully saturated rings. The van der Waals surface area contributed by atoms with E-state index in [1.165, 1.54) is 23.9 Å². The summed E-state index contributed by atoms with van der Waals surface area (Å²) in [6.45, 7) is 2.15. The van der Waals surface area contributed by atoms with E-state index in [2.05, 4.69) is 32.5 Å². The van der Waals surface area contributed by atoms with Crippen molar-refractivity contribution in [3.05, 3.63) is 65.9 Å². The first-order valence-electron chi connectivity index (χ1n) is 9.05. The molecule has 4 rings (SSSR count). The summed E-state index contributed by atoms with van der Waals surface area (Å²) in [5.74, 6) is 1.27. The standard InChI is InChI=1S/C20H21N5O2/c1-14(27-18-7-6-16-3-2-4-17(16)9-18)20(26)23-11-15-5-8-19(22-10-15)25-13-21-12-24-25/h5-10,12-14H,2-4,11H2,1H3,(H,23,26).